The molecule has 0 spiro atoms. The van der Waals surface area contributed by atoms with Crippen LogP contribution in [0.4, 0.5) is 5.82 Å². The summed E-state index contributed by atoms with van der Waals surface area (Å²) in [6, 6.07) is 0.528. The highest BCUT2D eigenvalue weighted by atomic mass is 32.1. The molecule has 6 heteroatoms. The lowest BCUT2D eigenvalue weighted by atomic mass is 10.2. The summed E-state index contributed by atoms with van der Waals surface area (Å²) < 4.78 is 0. The van der Waals surface area contributed by atoms with Crippen molar-refractivity contribution in [1.82, 2.24) is 19.8 Å². The molecule has 1 aliphatic carbocycles. The van der Waals surface area contributed by atoms with E-state index in [-0.39, 0.29) is 0 Å². The van der Waals surface area contributed by atoms with Crippen LogP contribution in [-0.2, 0) is 12.8 Å². The Morgan fingerprint density at radius 1 is 1.22 bits per heavy atom. The smallest absolute Gasteiger partial charge is 0.138 e. The van der Waals surface area contributed by atoms with Gasteiger partial charge in [-0.2, -0.15) is 0 Å². The van der Waals surface area contributed by atoms with Crippen LogP contribution in [0.1, 0.15) is 23.8 Å². The number of fused-ring (bicyclic) bond motifs is 3. The highest BCUT2D eigenvalue weighted by Gasteiger charge is 2.22. The minimum atomic E-state index is 0.528. The van der Waals surface area contributed by atoms with Gasteiger partial charge in [0.25, 0.3) is 0 Å². The van der Waals surface area contributed by atoms with Gasteiger partial charge in [0, 0.05) is 43.6 Å². The van der Waals surface area contributed by atoms with E-state index in [0.29, 0.717) is 6.04 Å². The van der Waals surface area contributed by atoms with Crippen molar-refractivity contribution in [2.45, 2.75) is 32.2 Å². The lowest BCUT2D eigenvalue weighted by Gasteiger charge is -2.36. The topological polar surface area (TPSA) is 44.3 Å². The van der Waals surface area contributed by atoms with Crippen LogP contribution in [-0.4, -0.2) is 65.6 Å². The van der Waals surface area contributed by atoms with Gasteiger partial charge in [-0.25, -0.2) is 9.97 Å². The van der Waals surface area contributed by atoms with E-state index in [2.05, 4.69) is 39.1 Å². The number of aromatic nitrogens is 2. The summed E-state index contributed by atoms with van der Waals surface area (Å²) in [6.45, 7) is 7.91. The maximum atomic E-state index is 4.54. The predicted octanol–water partition coefficient (Wildman–Crippen LogP) is 2.23. The van der Waals surface area contributed by atoms with E-state index in [1.807, 2.05) is 11.3 Å². The summed E-state index contributed by atoms with van der Waals surface area (Å²) in [6.07, 6.45) is 5.39. The fraction of sp³-hybridized carbons (Fsp3) is 0.647. The average Bonchev–Trinajstić information content (AvgIpc) is 3.14. The molecule has 2 aliphatic rings. The third-order valence-electron chi connectivity index (χ3n) is 5.23. The van der Waals surface area contributed by atoms with Crippen LogP contribution in [0.25, 0.3) is 10.2 Å². The van der Waals surface area contributed by atoms with Gasteiger partial charge in [-0.3, -0.25) is 4.90 Å². The van der Waals surface area contributed by atoms with Crippen molar-refractivity contribution in [3.05, 3.63) is 16.8 Å². The maximum Gasteiger partial charge on any atom is 0.138 e. The first-order chi connectivity index (χ1) is 11.2. The molecule has 23 heavy (non-hydrogen) atoms. The van der Waals surface area contributed by atoms with Crippen molar-refractivity contribution in [2.75, 3.05) is 45.1 Å². The standard InChI is InChI=1S/C17H25N5S/c1-12(22-8-6-21(2)7-9-22)10-18-16-15-13-4-3-5-14(13)23-17(15)20-11-19-16/h11-12H,3-10H2,1-2H3,(H,18,19,20). The van der Waals surface area contributed by atoms with Crippen molar-refractivity contribution in [1.29, 1.82) is 0 Å². The van der Waals surface area contributed by atoms with Gasteiger partial charge in [0.15, 0.2) is 0 Å². The first-order valence-electron chi connectivity index (χ1n) is 8.64. The molecule has 2 aromatic rings. The fourth-order valence-electron chi connectivity index (χ4n) is 3.70. The molecule has 2 aromatic heterocycles. The summed E-state index contributed by atoms with van der Waals surface area (Å²) in [5, 5.41) is 4.90. The molecule has 1 N–H and O–H groups in total. The lowest BCUT2D eigenvalue weighted by molar-refractivity contribution is 0.123. The Bertz CT molecular complexity index is 690. The van der Waals surface area contributed by atoms with Crippen LogP contribution in [0.5, 0.6) is 0 Å². The first-order valence-corrected chi connectivity index (χ1v) is 9.45. The van der Waals surface area contributed by atoms with Gasteiger partial charge in [0.2, 0.25) is 0 Å². The van der Waals surface area contributed by atoms with E-state index in [1.54, 1.807) is 6.33 Å². The molecule has 1 fully saturated rings. The third kappa shape index (κ3) is 2.95. The van der Waals surface area contributed by atoms with E-state index >= 15 is 0 Å². The van der Waals surface area contributed by atoms with E-state index < -0.39 is 0 Å². The number of anilines is 1. The van der Waals surface area contributed by atoms with Gasteiger partial charge in [0.1, 0.15) is 17.0 Å². The molecule has 0 saturated carbocycles. The SMILES string of the molecule is CC(CNc1ncnc2sc3c(c12)CCC3)N1CCN(C)CC1. The number of hydrogen-bond acceptors (Lipinski definition) is 6. The molecular weight excluding hydrogens is 306 g/mol. The second-order valence-corrected chi connectivity index (χ2v) is 7.91. The van der Waals surface area contributed by atoms with Crippen LogP contribution in [0.15, 0.2) is 6.33 Å². The Kier molecular flexibility index (Phi) is 4.22. The largest absolute Gasteiger partial charge is 0.368 e. The molecule has 3 heterocycles. The monoisotopic (exact) mass is 331 g/mol. The van der Waals surface area contributed by atoms with Crippen molar-refractivity contribution in [3.63, 3.8) is 0 Å². The Labute approximate surface area is 141 Å². The van der Waals surface area contributed by atoms with Gasteiger partial charge in [-0.1, -0.05) is 0 Å². The molecular formula is C17H25N5S. The van der Waals surface area contributed by atoms with Crippen molar-refractivity contribution < 1.29 is 0 Å². The average molecular weight is 331 g/mol. The zero-order chi connectivity index (χ0) is 15.8. The number of hydrogen-bond donors (Lipinski definition) is 1. The Hall–Kier alpha value is -1.24. The molecule has 1 saturated heterocycles. The molecule has 5 nitrogen and oxygen atoms in total. The molecule has 0 amide bonds. The molecule has 4 rings (SSSR count). The maximum absolute atomic E-state index is 4.54. The molecule has 1 aliphatic heterocycles. The van der Waals surface area contributed by atoms with E-state index in [4.69, 9.17) is 0 Å². The van der Waals surface area contributed by atoms with Crippen LogP contribution in [0, 0.1) is 0 Å². The van der Waals surface area contributed by atoms with Crippen LogP contribution in [0.2, 0.25) is 0 Å². The van der Waals surface area contributed by atoms with Crippen LogP contribution >= 0.6 is 11.3 Å². The number of rotatable bonds is 4. The number of thiophene rings is 1. The number of piperazine rings is 1. The number of nitrogens with one attached hydrogen (secondary N) is 1. The summed E-state index contributed by atoms with van der Waals surface area (Å²) in [5.74, 6) is 1.04. The highest BCUT2D eigenvalue weighted by Crippen LogP contribution is 2.38. The fourth-order valence-corrected chi connectivity index (χ4v) is 4.93. The summed E-state index contributed by atoms with van der Waals surface area (Å²) >= 11 is 1.86. The van der Waals surface area contributed by atoms with Gasteiger partial charge in [0.05, 0.1) is 5.39 Å². The van der Waals surface area contributed by atoms with Gasteiger partial charge in [-0.15, -0.1) is 11.3 Å². The van der Waals surface area contributed by atoms with E-state index in [9.17, 15) is 0 Å². The molecule has 0 aromatic carbocycles. The number of nitrogens with zero attached hydrogens (tertiary/aromatic N) is 4. The zero-order valence-corrected chi connectivity index (χ0v) is 14.8. The van der Waals surface area contributed by atoms with Crippen LogP contribution < -0.4 is 5.32 Å². The van der Waals surface area contributed by atoms with E-state index in [0.717, 1.165) is 30.3 Å². The summed E-state index contributed by atoms with van der Waals surface area (Å²) in [5.41, 5.74) is 1.50. The minimum Gasteiger partial charge on any atom is -0.368 e. The predicted molar refractivity (Wildman–Crippen MR) is 96.5 cm³/mol. The zero-order valence-electron chi connectivity index (χ0n) is 14.0. The third-order valence-corrected chi connectivity index (χ3v) is 6.43. The molecule has 0 radical (unpaired) electrons. The Balaban J connectivity index is 1.48. The van der Waals surface area contributed by atoms with Crippen LogP contribution in [0.3, 0.4) is 0 Å². The summed E-state index contributed by atoms with van der Waals surface area (Å²) in [4.78, 5) is 16.7. The van der Waals surface area contributed by atoms with Crippen molar-refractivity contribution in [2.24, 2.45) is 0 Å². The van der Waals surface area contributed by atoms with Gasteiger partial charge >= 0.3 is 0 Å². The van der Waals surface area contributed by atoms with Gasteiger partial charge in [-0.05, 0) is 38.8 Å². The van der Waals surface area contributed by atoms with E-state index in [1.165, 1.54) is 48.2 Å². The quantitative estimate of drug-likeness (QED) is 0.931. The second kappa shape index (κ2) is 6.34. The molecule has 0 bridgehead atoms. The molecule has 1 atom stereocenters. The minimum absolute atomic E-state index is 0.528. The summed E-state index contributed by atoms with van der Waals surface area (Å²) in [7, 11) is 2.20. The molecule has 1 unspecified atom stereocenters. The second-order valence-electron chi connectivity index (χ2n) is 6.83. The number of likely N-dealkylation sites (N-methyl/N-ethyl adjacent to an activating group) is 1. The Morgan fingerprint density at radius 2 is 2.04 bits per heavy atom. The first kappa shape index (κ1) is 15.3. The van der Waals surface area contributed by atoms with Crippen molar-refractivity contribution >= 4 is 27.4 Å². The Morgan fingerprint density at radius 3 is 2.87 bits per heavy atom. The normalized spacial score (nSPS) is 20.8. The van der Waals surface area contributed by atoms with Gasteiger partial charge < -0.3 is 10.2 Å². The highest BCUT2D eigenvalue weighted by molar-refractivity contribution is 7.19. The number of aryl methyl sites for hydroxylation is 2. The van der Waals surface area contributed by atoms with Crippen molar-refractivity contribution in [3.8, 4) is 0 Å². The lowest BCUT2D eigenvalue weighted by Crippen LogP contribution is -2.49. The molecule has 124 valence electrons.